The van der Waals surface area contributed by atoms with Gasteiger partial charge in [-0.25, -0.2) is 0 Å². The van der Waals surface area contributed by atoms with Crippen molar-refractivity contribution in [3.63, 3.8) is 0 Å². The second-order valence-electron chi connectivity index (χ2n) is 3.10. The van der Waals surface area contributed by atoms with E-state index in [1.54, 1.807) is 18.6 Å². The van der Waals surface area contributed by atoms with Crippen molar-refractivity contribution >= 4 is 0 Å². The molecule has 0 saturated carbocycles. The number of hydrogen-bond acceptors (Lipinski definition) is 2. The SMILES string of the molecule is c1ccc(-c2ccn[nH]2)cc1.c1cn[nH]c1. The fourth-order valence-corrected chi connectivity index (χ4v) is 1.25. The quantitative estimate of drug-likeness (QED) is 0.651. The fourth-order valence-electron chi connectivity index (χ4n) is 1.25. The minimum Gasteiger partial charge on any atom is -0.286 e. The molecule has 2 aromatic heterocycles. The average Bonchev–Trinajstić information content (AvgIpc) is 3.07. The normalized spacial score (nSPS) is 9.25. The molecule has 80 valence electrons. The maximum Gasteiger partial charge on any atom is 0.0650 e. The highest BCUT2D eigenvalue weighted by molar-refractivity contribution is 5.57. The van der Waals surface area contributed by atoms with E-state index in [2.05, 4.69) is 20.4 Å². The van der Waals surface area contributed by atoms with Crippen LogP contribution >= 0.6 is 0 Å². The van der Waals surface area contributed by atoms with E-state index in [0.717, 1.165) is 5.69 Å². The smallest absolute Gasteiger partial charge is 0.0650 e. The largest absolute Gasteiger partial charge is 0.286 e. The molecular formula is C12H12N4. The standard InChI is InChI=1S/C9H8N2.C3H4N2/c1-2-4-8(5-3-1)9-6-7-10-11-9;1-2-4-5-3-1/h1-7H,(H,10,11);1-3H,(H,4,5). The zero-order valence-corrected chi connectivity index (χ0v) is 8.67. The summed E-state index contributed by atoms with van der Waals surface area (Å²) >= 11 is 0. The van der Waals surface area contributed by atoms with Crippen LogP contribution in [-0.4, -0.2) is 20.4 Å². The van der Waals surface area contributed by atoms with Gasteiger partial charge in [0, 0.05) is 18.6 Å². The van der Waals surface area contributed by atoms with Gasteiger partial charge in [-0.05, 0) is 17.7 Å². The molecule has 0 saturated heterocycles. The first kappa shape index (κ1) is 10.2. The van der Waals surface area contributed by atoms with E-state index in [9.17, 15) is 0 Å². The van der Waals surface area contributed by atoms with Gasteiger partial charge in [0.2, 0.25) is 0 Å². The minimum atomic E-state index is 1.06. The Morgan fingerprint density at radius 3 is 2.19 bits per heavy atom. The molecule has 2 N–H and O–H groups in total. The van der Waals surface area contributed by atoms with Gasteiger partial charge in [-0.1, -0.05) is 30.3 Å². The van der Waals surface area contributed by atoms with Crippen LogP contribution in [0.1, 0.15) is 0 Å². The highest BCUT2D eigenvalue weighted by atomic mass is 15.1. The van der Waals surface area contributed by atoms with Crippen LogP contribution in [0.2, 0.25) is 0 Å². The molecular weight excluding hydrogens is 200 g/mol. The third-order valence-electron chi connectivity index (χ3n) is 1.99. The molecule has 2 heterocycles. The molecule has 3 rings (SSSR count). The van der Waals surface area contributed by atoms with Crippen molar-refractivity contribution < 1.29 is 0 Å². The second-order valence-corrected chi connectivity index (χ2v) is 3.10. The molecule has 0 amide bonds. The maximum absolute atomic E-state index is 3.87. The van der Waals surface area contributed by atoms with Gasteiger partial charge in [-0.3, -0.25) is 10.2 Å². The summed E-state index contributed by atoms with van der Waals surface area (Å²) in [6.45, 7) is 0. The van der Waals surface area contributed by atoms with Crippen LogP contribution in [0.5, 0.6) is 0 Å². The minimum absolute atomic E-state index is 1.06. The van der Waals surface area contributed by atoms with Crippen LogP contribution in [-0.2, 0) is 0 Å². The number of rotatable bonds is 1. The Morgan fingerprint density at radius 2 is 1.69 bits per heavy atom. The first-order valence-electron chi connectivity index (χ1n) is 4.95. The number of nitrogens with zero attached hydrogens (tertiary/aromatic N) is 2. The Bertz CT molecular complexity index is 454. The lowest BCUT2D eigenvalue weighted by molar-refractivity contribution is 1.09. The molecule has 0 aliphatic carbocycles. The van der Waals surface area contributed by atoms with Crippen LogP contribution in [0.3, 0.4) is 0 Å². The molecule has 4 nitrogen and oxygen atoms in total. The van der Waals surface area contributed by atoms with E-state index in [1.165, 1.54) is 5.56 Å². The summed E-state index contributed by atoms with van der Waals surface area (Å²) in [6.07, 6.45) is 5.21. The molecule has 0 spiro atoms. The highest BCUT2D eigenvalue weighted by Crippen LogP contribution is 2.13. The van der Waals surface area contributed by atoms with Crippen molar-refractivity contribution in [3.05, 3.63) is 61.1 Å². The van der Waals surface area contributed by atoms with E-state index < -0.39 is 0 Å². The number of aromatic amines is 2. The first-order valence-corrected chi connectivity index (χ1v) is 4.95. The van der Waals surface area contributed by atoms with Crippen LogP contribution < -0.4 is 0 Å². The average molecular weight is 212 g/mol. The van der Waals surface area contributed by atoms with Crippen molar-refractivity contribution in [2.24, 2.45) is 0 Å². The summed E-state index contributed by atoms with van der Waals surface area (Å²) in [5, 5.41) is 13.0. The monoisotopic (exact) mass is 212 g/mol. The third kappa shape index (κ3) is 2.81. The van der Waals surface area contributed by atoms with Gasteiger partial charge in [0.25, 0.3) is 0 Å². The molecule has 1 aromatic carbocycles. The fraction of sp³-hybridized carbons (Fsp3) is 0. The summed E-state index contributed by atoms with van der Waals surface area (Å²) in [5.74, 6) is 0. The van der Waals surface area contributed by atoms with Crippen LogP contribution in [0.4, 0.5) is 0 Å². The van der Waals surface area contributed by atoms with Gasteiger partial charge in [-0.15, -0.1) is 0 Å². The van der Waals surface area contributed by atoms with E-state index in [1.807, 2.05) is 42.5 Å². The van der Waals surface area contributed by atoms with Gasteiger partial charge in [0.05, 0.1) is 5.69 Å². The van der Waals surface area contributed by atoms with Crippen LogP contribution in [0.15, 0.2) is 61.1 Å². The molecule has 0 aliphatic rings. The summed E-state index contributed by atoms with van der Waals surface area (Å²) in [6, 6.07) is 13.9. The van der Waals surface area contributed by atoms with Crippen molar-refractivity contribution in [3.8, 4) is 11.3 Å². The topological polar surface area (TPSA) is 57.4 Å². The number of benzene rings is 1. The molecule has 16 heavy (non-hydrogen) atoms. The van der Waals surface area contributed by atoms with Crippen LogP contribution in [0.25, 0.3) is 11.3 Å². The Morgan fingerprint density at radius 1 is 0.812 bits per heavy atom. The molecule has 0 aliphatic heterocycles. The molecule has 4 heteroatoms. The van der Waals surface area contributed by atoms with Crippen molar-refractivity contribution in [1.82, 2.24) is 20.4 Å². The lowest BCUT2D eigenvalue weighted by Crippen LogP contribution is -1.75. The summed E-state index contributed by atoms with van der Waals surface area (Å²) in [5.41, 5.74) is 2.23. The van der Waals surface area contributed by atoms with E-state index in [-0.39, 0.29) is 0 Å². The number of hydrogen-bond donors (Lipinski definition) is 2. The molecule has 0 unspecified atom stereocenters. The molecule has 3 aromatic rings. The van der Waals surface area contributed by atoms with Gasteiger partial charge in [-0.2, -0.15) is 10.2 Å². The third-order valence-corrected chi connectivity index (χ3v) is 1.99. The zero-order valence-electron chi connectivity index (χ0n) is 8.67. The Kier molecular flexibility index (Phi) is 3.50. The molecule has 0 bridgehead atoms. The number of nitrogens with one attached hydrogen (secondary N) is 2. The maximum atomic E-state index is 3.87. The van der Waals surface area contributed by atoms with Crippen molar-refractivity contribution in [1.29, 1.82) is 0 Å². The van der Waals surface area contributed by atoms with E-state index in [0.29, 0.717) is 0 Å². The first-order chi connectivity index (χ1) is 7.97. The highest BCUT2D eigenvalue weighted by Gasteiger charge is 1.94. The van der Waals surface area contributed by atoms with Crippen LogP contribution in [0, 0.1) is 0 Å². The summed E-state index contributed by atoms with van der Waals surface area (Å²) in [4.78, 5) is 0. The number of H-pyrrole nitrogens is 2. The lowest BCUT2D eigenvalue weighted by atomic mass is 10.2. The van der Waals surface area contributed by atoms with Gasteiger partial charge < -0.3 is 0 Å². The summed E-state index contributed by atoms with van der Waals surface area (Å²) in [7, 11) is 0. The van der Waals surface area contributed by atoms with E-state index in [4.69, 9.17) is 0 Å². The molecule has 0 atom stereocenters. The van der Waals surface area contributed by atoms with Gasteiger partial charge in [0.15, 0.2) is 0 Å². The Labute approximate surface area is 93.3 Å². The summed E-state index contributed by atoms with van der Waals surface area (Å²) < 4.78 is 0. The zero-order chi connectivity index (χ0) is 11.1. The predicted octanol–water partition coefficient (Wildman–Crippen LogP) is 2.49. The van der Waals surface area contributed by atoms with E-state index >= 15 is 0 Å². The van der Waals surface area contributed by atoms with Crippen molar-refractivity contribution in [2.45, 2.75) is 0 Å². The Hall–Kier alpha value is -2.36. The van der Waals surface area contributed by atoms with Crippen molar-refractivity contribution in [2.75, 3.05) is 0 Å². The van der Waals surface area contributed by atoms with Gasteiger partial charge in [0.1, 0.15) is 0 Å². The molecule has 0 radical (unpaired) electrons. The Balaban J connectivity index is 0.000000162. The second kappa shape index (κ2) is 5.50. The number of aromatic nitrogens is 4. The molecule has 0 fully saturated rings. The lowest BCUT2D eigenvalue weighted by Gasteiger charge is -1.93. The van der Waals surface area contributed by atoms with Gasteiger partial charge >= 0.3 is 0 Å². The predicted molar refractivity (Wildman–Crippen MR) is 62.6 cm³/mol.